The van der Waals surface area contributed by atoms with Crippen LogP contribution >= 0.6 is 11.3 Å². The van der Waals surface area contributed by atoms with E-state index in [1.165, 1.54) is 0 Å². The average molecular weight is 284 g/mol. The summed E-state index contributed by atoms with van der Waals surface area (Å²) in [4.78, 5) is 9.04. The van der Waals surface area contributed by atoms with Crippen LogP contribution in [0.25, 0.3) is 0 Å². The Hall–Kier alpha value is -2.14. The number of hydrogen-bond acceptors (Lipinski definition) is 4. The Morgan fingerprint density at radius 3 is 2.60 bits per heavy atom. The third-order valence-electron chi connectivity index (χ3n) is 2.90. The lowest BCUT2D eigenvalue weighted by Crippen LogP contribution is -2.04. The minimum Gasteiger partial charge on any atom is -0.326 e. The molecule has 0 spiro atoms. The van der Waals surface area contributed by atoms with Crippen molar-refractivity contribution in [1.82, 2.24) is 14.5 Å². The number of aryl methyl sites for hydroxylation is 2. The number of imidazole rings is 1. The molecule has 3 rings (SSSR count). The highest BCUT2D eigenvalue weighted by atomic mass is 32.1. The normalized spacial score (nSPS) is 10.7. The Bertz CT molecular complexity index is 700. The maximum absolute atomic E-state index is 4.54. The van der Waals surface area contributed by atoms with E-state index in [0.29, 0.717) is 0 Å². The standard InChI is InChI=1S/C15H16N4S/c1-11-8-19(9-14-16-12(2)10-20-14)15(17-11)18-13-6-4-3-5-7-13/h3-8,10H,9H2,1-2H3,(H,17,18). The van der Waals surface area contributed by atoms with Gasteiger partial charge in [0.1, 0.15) is 5.01 Å². The SMILES string of the molecule is Cc1csc(Cn2cc(C)nc2Nc2ccccc2)n1. The fourth-order valence-corrected chi connectivity index (χ4v) is 2.81. The van der Waals surface area contributed by atoms with Crippen molar-refractivity contribution in [3.05, 3.63) is 58.3 Å². The molecule has 0 fully saturated rings. The summed E-state index contributed by atoms with van der Waals surface area (Å²) in [6, 6.07) is 10.1. The highest BCUT2D eigenvalue weighted by Gasteiger charge is 2.08. The second kappa shape index (κ2) is 5.46. The van der Waals surface area contributed by atoms with E-state index in [0.717, 1.165) is 34.6 Å². The molecule has 0 aliphatic carbocycles. The van der Waals surface area contributed by atoms with Gasteiger partial charge in [0.05, 0.1) is 12.2 Å². The number of benzene rings is 1. The molecule has 1 aromatic carbocycles. The van der Waals surface area contributed by atoms with Crippen LogP contribution in [0.1, 0.15) is 16.4 Å². The summed E-state index contributed by atoms with van der Waals surface area (Å²) in [5.41, 5.74) is 3.10. The molecule has 0 aliphatic rings. The molecule has 0 amide bonds. The Labute approximate surface area is 122 Å². The van der Waals surface area contributed by atoms with Gasteiger partial charge in [0.15, 0.2) is 0 Å². The monoisotopic (exact) mass is 284 g/mol. The van der Waals surface area contributed by atoms with Gasteiger partial charge in [0.25, 0.3) is 0 Å². The Morgan fingerprint density at radius 2 is 1.90 bits per heavy atom. The first kappa shape index (κ1) is 12.9. The van der Waals surface area contributed by atoms with Gasteiger partial charge < -0.3 is 9.88 Å². The van der Waals surface area contributed by atoms with Crippen LogP contribution in [0.3, 0.4) is 0 Å². The molecule has 4 nitrogen and oxygen atoms in total. The van der Waals surface area contributed by atoms with Crippen LogP contribution in [0.5, 0.6) is 0 Å². The summed E-state index contributed by atoms with van der Waals surface area (Å²) in [7, 11) is 0. The lowest BCUT2D eigenvalue weighted by atomic mass is 10.3. The second-order valence-electron chi connectivity index (χ2n) is 4.71. The minimum absolute atomic E-state index is 0.745. The van der Waals surface area contributed by atoms with Gasteiger partial charge in [-0.05, 0) is 26.0 Å². The lowest BCUT2D eigenvalue weighted by Gasteiger charge is -2.08. The molecular weight excluding hydrogens is 268 g/mol. The van der Waals surface area contributed by atoms with Gasteiger partial charge >= 0.3 is 0 Å². The van der Waals surface area contributed by atoms with Gasteiger partial charge in [-0.2, -0.15) is 0 Å². The minimum atomic E-state index is 0.745. The summed E-state index contributed by atoms with van der Waals surface area (Å²) >= 11 is 1.68. The van der Waals surface area contributed by atoms with E-state index in [9.17, 15) is 0 Å². The quantitative estimate of drug-likeness (QED) is 0.793. The fraction of sp³-hybridized carbons (Fsp3) is 0.200. The van der Waals surface area contributed by atoms with Gasteiger partial charge in [0, 0.05) is 23.0 Å². The van der Waals surface area contributed by atoms with Crippen LogP contribution < -0.4 is 5.32 Å². The van der Waals surface area contributed by atoms with Crippen molar-refractivity contribution in [3.8, 4) is 0 Å². The van der Waals surface area contributed by atoms with Crippen molar-refractivity contribution >= 4 is 23.0 Å². The van der Waals surface area contributed by atoms with E-state index in [1.54, 1.807) is 11.3 Å². The zero-order valence-corrected chi connectivity index (χ0v) is 12.3. The topological polar surface area (TPSA) is 42.7 Å². The molecule has 2 heterocycles. The number of nitrogens with zero attached hydrogens (tertiary/aromatic N) is 3. The summed E-state index contributed by atoms with van der Waals surface area (Å²) in [6.45, 7) is 4.76. The van der Waals surface area contributed by atoms with E-state index in [1.807, 2.05) is 50.4 Å². The van der Waals surface area contributed by atoms with E-state index in [-0.39, 0.29) is 0 Å². The predicted octanol–water partition coefficient (Wildman–Crippen LogP) is 3.75. The summed E-state index contributed by atoms with van der Waals surface area (Å²) in [5.74, 6) is 0.849. The van der Waals surface area contributed by atoms with Crippen LogP contribution in [-0.2, 0) is 6.54 Å². The molecular formula is C15H16N4S. The van der Waals surface area contributed by atoms with Crippen molar-refractivity contribution < 1.29 is 0 Å². The van der Waals surface area contributed by atoms with Gasteiger partial charge in [0.2, 0.25) is 5.95 Å². The maximum atomic E-state index is 4.54. The molecule has 5 heteroatoms. The van der Waals surface area contributed by atoms with Crippen molar-refractivity contribution in [3.63, 3.8) is 0 Å². The van der Waals surface area contributed by atoms with Crippen LogP contribution in [-0.4, -0.2) is 14.5 Å². The van der Waals surface area contributed by atoms with Gasteiger partial charge in [-0.25, -0.2) is 9.97 Å². The summed E-state index contributed by atoms with van der Waals surface area (Å²) in [6.07, 6.45) is 2.04. The van der Waals surface area contributed by atoms with Gasteiger partial charge in [-0.1, -0.05) is 18.2 Å². The number of nitrogens with one attached hydrogen (secondary N) is 1. The number of thiazole rings is 1. The fourth-order valence-electron chi connectivity index (χ4n) is 2.04. The first-order valence-electron chi connectivity index (χ1n) is 6.47. The largest absolute Gasteiger partial charge is 0.326 e. The first-order chi connectivity index (χ1) is 9.70. The smallest absolute Gasteiger partial charge is 0.207 e. The highest BCUT2D eigenvalue weighted by molar-refractivity contribution is 7.09. The molecule has 1 N–H and O–H groups in total. The van der Waals surface area contributed by atoms with Crippen LogP contribution in [0.4, 0.5) is 11.6 Å². The number of anilines is 2. The first-order valence-corrected chi connectivity index (χ1v) is 7.35. The molecule has 3 aromatic rings. The summed E-state index contributed by atoms with van der Waals surface area (Å²) in [5, 5.41) is 6.52. The van der Waals surface area contributed by atoms with Gasteiger partial charge in [-0.15, -0.1) is 11.3 Å². The van der Waals surface area contributed by atoms with Crippen LogP contribution in [0.2, 0.25) is 0 Å². The van der Waals surface area contributed by atoms with Crippen molar-refractivity contribution in [2.24, 2.45) is 0 Å². The van der Waals surface area contributed by atoms with E-state index in [4.69, 9.17) is 0 Å². The zero-order chi connectivity index (χ0) is 13.9. The van der Waals surface area contributed by atoms with E-state index >= 15 is 0 Å². The molecule has 2 aromatic heterocycles. The van der Waals surface area contributed by atoms with Crippen LogP contribution in [0, 0.1) is 13.8 Å². The number of hydrogen-bond donors (Lipinski definition) is 1. The molecule has 0 saturated heterocycles. The van der Waals surface area contributed by atoms with Crippen LogP contribution in [0.15, 0.2) is 41.9 Å². The van der Waals surface area contributed by atoms with E-state index in [2.05, 4.69) is 25.2 Å². The second-order valence-corrected chi connectivity index (χ2v) is 5.65. The zero-order valence-electron chi connectivity index (χ0n) is 11.5. The van der Waals surface area contributed by atoms with Crippen molar-refractivity contribution in [1.29, 1.82) is 0 Å². The molecule has 102 valence electrons. The molecule has 0 aliphatic heterocycles. The molecule has 0 unspecified atom stereocenters. The van der Waals surface area contributed by atoms with E-state index < -0.39 is 0 Å². The van der Waals surface area contributed by atoms with Gasteiger partial charge in [-0.3, -0.25) is 0 Å². The Balaban J connectivity index is 1.84. The Morgan fingerprint density at radius 1 is 1.10 bits per heavy atom. The Kier molecular flexibility index (Phi) is 3.52. The third kappa shape index (κ3) is 2.88. The molecule has 0 atom stereocenters. The average Bonchev–Trinajstić information content (AvgIpc) is 2.98. The molecule has 0 saturated carbocycles. The van der Waals surface area contributed by atoms with Crippen molar-refractivity contribution in [2.75, 3.05) is 5.32 Å². The lowest BCUT2D eigenvalue weighted by molar-refractivity contribution is 0.797. The number of aromatic nitrogens is 3. The number of rotatable bonds is 4. The number of para-hydroxylation sites is 1. The third-order valence-corrected chi connectivity index (χ3v) is 3.85. The molecule has 0 radical (unpaired) electrons. The summed E-state index contributed by atoms with van der Waals surface area (Å²) < 4.78 is 2.10. The maximum Gasteiger partial charge on any atom is 0.207 e. The predicted molar refractivity (Wildman–Crippen MR) is 82.6 cm³/mol. The molecule has 0 bridgehead atoms. The van der Waals surface area contributed by atoms with Crippen molar-refractivity contribution in [2.45, 2.75) is 20.4 Å². The molecule has 20 heavy (non-hydrogen) atoms. The highest BCUT2D eigenvalue weighted by Crippen LogP contribution is 2.18.